The van der Waals surface area contributed by atoms with Crippen molar-refractivity contribution in [3.8, 4) is 0 Å². The van der Waals surface area contributed by atoms with Crippen molar-refractivity contribution < 1.29 is 14.3 Å². The normalized spacial score (nSPS) is 13.2. The fraction of sp³-hybridized carbons (Fsp3) is 0.300. The molecule has 0 saturated carbocycles. The molecule has 0 aliphatic carbocycles. The van der Waals surface area contributed by atoms with E-state index in [-0.39, 0.29) is 30.0 Å². The van der Waals surface area contributed by atoms with Crippen LogP contribution in [0.25, 0.3) is 0 Å². The molecule has 0 aliphatic heterocycles. The monoisotopic (exact) mass is 310 g/mol. The second kappa shape index (κ2) is 7.73. The maximum atomic E-state index is 12.8. The highest BCUT2D eigenvalue weighted by Crippen LogP contribution is 2.31. The fourth-order valence-electron chi connectivity index (χ4n) is 2.71. The van der Waals surface area contributed by atoms with Crippen LogP contribution in [0.5, 0.6) is 0 Å². The van der Waals surface area contributed by atoms with E-state index in [0.717, 1.165) is 11.1 Å². The number of ether oxygens (including phenoxy) is 1. The zero-order chi connectivity index (χ0) is 16.8. The van der Waals surface area contributed by atoms with Crippen molar-refractivity contribution in [1.82, 2.24) is 0 Å². The summed E-state index contributed by atoms with van der Waals surface area (Å²) in [5.41, 5.74) is 2.77. The molecule has 3 heteroatoms. The lowest BCUT2D eigenvalue weighted by Crippen LogP contribution is -2.22. The number of ketones is 1. The second-order valence-corrected chi connectivity index (χ2v) is 5.82. The minimum absolute atomic E-state index is 0.0442. The maximum absolute atomic E-state index is 12.8. The molecule has 0 heterocycles. The first kappa shape index (κ1) is 16.9. The van der Waals surface area contributed by atoms with Gasteiger partial charge in [-0.05, 0) is 12.5 Å². The van der Waals surface area contributed by atoms with E-state index in [0.29, 0.717) is 5.56 Å². The van der Waals surface area contributed by atoms with Gasteiger partial charge in [0.25, 0.3) is 0 Å². The van der Waals surface area contributed by atoms with Gasteiger partial charge in [0.1, 0.15) is 0 Å². The number of esters is 1. The van der Waals surface area contributed by atoms with E-state index in [2.05, 4.69) is 0 Å². The number of rotatable bonds is 6. The molecule has 0 aromatic heterocycles. The van der Waals surface area contributed by atoms with Gasteiger partial charge in [0.15, 0.2) is 5.78 Å². The molecular formula is C20H22O3. The molecule has 3 nitrogen and oxygen atoms in total. The Morgan fingerprint density at radius 3 is 2.17 bits per heavy atom. The molecule has 2 atom stereocenters. The molecule has 2 aromatic rings. The third-order valence-electron chi connectivity index (χ3n) is 4.20. The van der Waals surface area contributed by atoms with Gasteiger partial charge >= 0.3 is 5.97 Å². The van der Waals surface area contributed by atoms with Crippen molar-refractivity contribution in [2.75, 3.05) is 7.11 Å². The van der Waals surface area contributed by atoms with Gasteiger partial charge in [-0.2, -0.15) is 0 Å². The van der Waals surface area contributed by atoms with E-state index in [9.17, 15) is 9.59 Å². The van der Waals surface area contributed by atoms with Gasteiger partial charge in [-0.3, -0.25) is 9.59 Å². The zero-order valence-corrected chi connectivity index (χ0v) is 13.8. The van der Waals surface area contributed by atoms with Crippen LogP contribution in [0.15, 0.2) is 54.6 Å². The number of carbonyl (C=O) groups is 2. The molecular weight excluding hydrogens is 288 g/mol. The molecule has 2 unspecified atom stereocenters. The van der Waals surface area contributed by atoms with Crippen molar-refractivity contribution in [2.24, 2.45) is 5.92 Å². The van der Waals surface area contributed by atoms with E-state index in [4.69, 9.17) is 4.74 Å². The Bertz CT molecular complexity index is 659. The fourth-order valence-corrected chi connectivity index (χ4v) is 2.71. The Morgan fingerprint density at radius 1 is 1.00 bits per heavy atom. The Balaban J connectivity index is 2.28. The van der Waals surface area contributed by atoms with Crippen LogP contribution in [-0.4, -0.2) is 18.9 Å². The van der Waals surface area contributed by atoms with E-state index < -0.39 is 0 Å². The molecule has 0 bridgehead atoms. The highest BCUT2D eigenvalue weighted by molar-refractivity contribution is 5.98. The first-order valence-corrected chi connectivity index (χ1v) is 7.75. The van der Waals surface area contributed by atoms with Gasteiger partial charge in [0, 0.05) is 17.4 Å². The smallest absolute Gasteiger partial charge is 0.306 e. The van der Waals surface area contributed by atoms with Crippen LogP contribution in [0, 0.1) is 12.8 Å². The summed E-state index contributed by atoms with van der Waals surface area (Å²) in [6.45, 7) is 3.87. The third kappa shape index (κ3) is 4.28. The van der Waals surface area contributed by atoms with Gasteiger partial charge in [-0.15, -0.1) is 0 Å². The average molecular weight is 310 g/mol. The molecule has 0 N–H and O–H groups in total. The van der Waals surface area contributed by atoms with Crippen molar-refractivity contribution in [3.63, 3.8) is 0 Å². The highest BCUT2D eigenvalue weighted by atomic mass is 16.5. The predicted octanol–water partition coefficient (Wildman–Crippen LogP) is 4.16. The molecule has 0 aliphatic rings. The number of methoxy groups -OCH3 is 1. The van der Waals surface area contributed by atoms with E-state index in [1.54, 1.807) is 0 Å². The second-order valence-electron chi connectivity index (χ2n) is 5.82. The molecule has 0 fully saturated rings. The van der Waals surface area contributed by atoms with Crippen molar-refractivity contribution in [1.29, 1.82) is 0 Å². The number of hydrogen-bond acceptors (Lipinski definition) is 3. The lowest BCUT2D eigenvalue weighted by atomic mass is 9.80. The molecule has 0 amide bonds. The summed E-state index contributed by atoms with van der Waals surface area (Å²) in [6.07, 6.45) is 0.194. The van der Waals surface area contributed by atoms with E-state index in [1.807, 2.05) is 68.4 Å². The van der Waals surface area contributed by atoms with Gasteiger partial charge in [-0.25, -0.2) is 0 Å². The molecule has 2 aromatic carbocycles. The minimum atomic E-state index is -0.306. The molecule has 2 rings (SSSR count). The SMILES string of the molecule is COC(=O)CC(c1ccccc1)C(C)C(=O)c1ccc(C)cc1. The number of carbonyl (C=O) groups excluding carboxylic acids is 2. The summed E-state index contributed by atoms with van der Waals surface area (Å²) >= 11 is 0. The van der Waals surface area contributed by atoms with Gasteiger partial charge < -0.3 is 4.74 Å². The van der Waals surface area contributed by atoms with Crippen molar-refractivity contribution in [2.45, 2.75) is 26.2 Å². The number of Topliss-reactive ketones (excluding diaryl/α,β-unsaturated/α-hetero) is 1. The van der Waals surface area contributed by atoms with Crippen LogP contribution in [0.1, 0.15) is 40.7 Å². The van der Waals surface area contributed by atoms with E-state index in [1.165, 1.54) is 7.11 Å². The van der Waals surface area contributed by atoms with Crippen molar-refractivity contribution in [3.05, 3.63) is 71.3 Å². The summed E-state index contributed by atoms with van der Waals surface area (Å²) in [5.74, 6) is -0.762. The quantitative estimate of drug-likeness (QED) is 0.594. The van der Waals surface area contributed by atoms with Crippen LogP contribution in [0.3, 0.4) is 0 Å². The maximum Gasteiger partial charge on any atom is 0.306 e. The van der Waals surface area contributed by atoms with Gasteiger partial charge in [0.2, 0.25) is 0 Å². The summed E-state index contributed by atoms with van der Waals surface area (Å²) < 4.78 is 4.80. The van der Waals surface area contributed by atoms with Crippen molar-refractivity contribution >= 4 is 11.8 Å². The average Bonchev–Trinajstić information content (AvgIpc) is 2.59. The minimum Gasteiger partial charge on any atom is -0.469 e. The van der Waals surface area contributed by atoms with Crippen LogP contribution in [0.2, 0.25) is 0 Å². The number of aryl methyl sites for hydroxylation is 1. The molecule has 0 saturated heterocycles. The standard InChI is InChI=1S/C20H22O3/c1-14-9-11-17(12-10-14)20(22)15(2)18(13-19(21)23-3)16-7-5-4-6-8-16/h4-12,15,18H,13H2,1-3H3. The third-order valence-corrected chi connectivity index (χ3v) is 4.20. The van der Waals surface area contributed by atoms with Gasteiger partial charge in [0.05, 0.1) is 13.5 Å². The van der Waals surface area contributed by atoms with Crippen LogP contribution < -0.4 is 0 Å². The van der Waals surface area contributed by atoms with E-state index >= 15 is 0 Å². The number of hydrogen-bond donors (Lipinski definition) is 0. The Kier molecular flexibility index (Phi) is 5.69. The first-order valence-electron chi connectivity index (χ1n) is 7.75. The largest absolute Gasteiger partial charge is 0.469 e. The summed E-state index contributed by atoms with van der Waals surface area (Å²) in [5, 5.41) is 0. The summed E-state index contributed by atoms with van der Waals surface area (Å²) in [4.78, 5) is 24.6. The molecule has 120 valence electrons. The molecule has 23 heavy (non-hydrogen) atoms. The molecule has 0 spiro atoms. The summed E-state index contributed by atoms with van der Waals surface area (Å²) in [6, 6.07) is 17.2. The predicted molar refractivity (Wildman–Crippen MR) is 90.5 cm³/mol. The highest BCUT2D eigenvalue weighted by Gasteiger charge is 2.28. The Hall–Kier alpha value is -2.42. The Morgan fingerprint density at radius 2 is 1.61 bits per heavy atom. The van der Waals surface area contributed by atoms with Crippen LogP contribution >= 0.6 is 0 Å². The summed E-state index contributed by atoms with van der Waals surface area (Å²) in [7, 11) is 1.37. The van der Waals surface area contributed by atoms with Crippen LogP contribution in [0.4, 0.5) is 0 Å². The lowest BCUT2D eigenvalue weighted by molar-refractivity contribution is -0.141. The topological polar surface area (TPSA) is 43.4 Å². The Labute approximate surface area is 137 Å². The zero-order valence-electron chi connectivity index (χ0n) is 13.8. The first-order chi connectivity index (χ1) is 11.0. The lowest BCUT2D eigenvalue weighted by Gasteiger charge is -2.22. The number of benzene rings is 2. The van der Waals surface area contributed by atoms with Crippen LogP contribution in [-0.2, 0) is 9.53 Å². The molecule has 0 radical (unpaired) electrons. The van der Waals surface area contributed by atoms with Gasteiger partial charge in [-0.1, -0.05) is 67.1 Å².